The molecule has 0 saturated carbocycles. The standard InChI is InChI=1S/C18H15ClN4O5S2/c1-23-10-17(20-11-23)29(24,25)21-14-7-6-13(19)9-15(14)22-30(26,27)18-8-12-4-2-3-5-16(12)28-18/h2-11,21-22H,1H3. The smallest absolute Gasteiger partial charge is 0.295 e. The van der Waals surface area contributed by atoms with Crippen LogP contribution in [0.1, 0.15) is 0 Å². The second-order valence-corrected chi connectivity index (χ2v) is 10.1. The molecule has 2 aromatic heterocycles. The fourth-order valence-electron chi connectivity index (χ4n) is 2.70. The Morgan fingerprint density at radius 1 is 0.967 bits per heavy atom. The van der Waals surface area contributed by atoms with Crippen molar-refractivity contribution < 1.29 is 21.3 Å². The number of nitrogens with one attached hydrogen (secondary N) is 2. The lowest BCUT2D eigenvalue weighted by atomic mass is 10.3. The quantitative estimate of drug-likeness (QED) is 0.448. The number of anilines is 2. The molecule has 0 aliphatic carbocycles. The molecular weight excluding hydrogens is 452 g/mol. The van der Waals surface area contributed by atoms with Crippen LogP contribution in [0.25, 0.3) is 11.0 Å². The molecule has 0 fully saturated rings. The maximum atomic E-state index is 12.8. The van der Waals surface area contributed by atoms with Gasteiger partial charge in [-0.15, -0.1) is 0 Å². The van der Waals surface area contributed by atoms with Gasteiger partial charge in [0.05, 0.1) is 17.7 Å². The summed E-state index contributed by atoms with van der Waals surface area (Å²) in [7, 11) is -6.59. The first-order valence-electron chi connectivity index (χ1n) is 8.46. The third kappa shape index (κ3) is 3.99. The minimum Gasteiger partial charge on any atom is -0.443 e. The van der Waals surface area contributed by atoms with Crippen molar-refractivity contribution in [1.82, 2.24) is 9.55 Å². The number of fused-ring (bicyclic) bond motifs is 1. The summed E-state index contributed by atoms with van der Waals surface area (Å²) < 4.78 is 62.4. The van der Waals surface area contributed by atoms with E-state index in [1.807, 2.05) is 0 Å². The van der Waals surface area contributed by atoms with Crippen molar-refractivity contribution in [2.75, 3.05) is 9.44 Å². The molecule has 2 heterocycles. The molecule has 0 atom stereocenters. The van der Waals surface area contributed by atoms with Crippen LogP contribution >= 0.6 is 11.6 Å². The van der Waals surface area contributed by atoms with Gasteiger partial charge in [0.1, 0.15) is 5.58 Å². The van der Waals surface area contributed by atoms with Crippen molar-refractivity contribution in [3.8, 4) is 0 Å². The fraction of sp³-hybridized carbons (Fsp3) is 0.0556. The number of para-hydroxylation sites is 1. The molecule has 12 heteroatoms. The minimum absolute atomic E-state index is 0.0234. The number of nitrogens with zero attached hydrogens (tertiary/aromatic N) is 2. The number of aryl methyl sites for hydroxylation is 1. The number of imidazole rings is 1. The summed E-state index contributed by atoms with van der Waals surface area (Å²) in [5.41, 5.74) is 0.312. The van der Waals surface area contributed by atoms with E-state index in [1.165, 1.54) is 41.4 Å². The van der Waals surface area contributed by atoms with Gasteiger partial charge in [0.2, 0.25) is 5.09 Å². The number of sulfonamides is 2. The molecule has 0 unspecified atom stereocenters. The number of rotatable bonds is 6. The van der Waals surface area contributed by atoms with Gasteiger partial charge in [-0.05, 0) is 24.3 Å². The molecule has 4 rings (SSSR count). The molecule has 0 aliphatic heterocycles. The van der Waals surface area contributed by atoms with Gasteiger partial charge in [-0.3, -0.25) is 9.44 Å². The first-order chi connectivity index (χ1) is 14.1. The average molecular weight is 467 g/mol. The van der Waals surface area contributed by atoms with Gasteiger partial charge < -0.3 is 8.98 Å². The Morgan fingerprint density at radius 2 is 1.70 bits per heavy atom. The van der Waals surface area contributed by atoms with E-state index < -0.39 is 20.0 Å². The van der Waals surface area contributed by atoms with Crippen LogP contribution in [-0.2, 0) is 27.1 Å². The molecule has 0 bridgehead atoms. The predicted molar refractivity (Wildman–Crippen MR) is 112 cm³/mol. The lowest BCUT2D eigenvalue weighted by Crippen LogP contribution is -2.17. The van der Waals surface area contributed by atoms with Gasteiger partial charge in [-0.1, -0.05) is 29.8 Å². The van der Waals surface area contributed by atoms with Gasteiger partial charge in [0, 0.05) is 29.7 Å². The van der Waals surface area contributed by atoms with E-state index in [2.05, 4.69) is 14.4 Å². The zero-order valence-electron chi connectivity index (χ0n) is 15.4. The Morgan fingerprint density at radius 3 is 2.40 bits per heavy atom. The summed E-state index contributed by atoms with van der Waals surface area (Å²) >= 11 is 6.00. The molecule has 0 radical (unpaired) electrons. The van der Waals surface area contributed by atoms with Crippen LogP contribution in [0, 0.1) is 0 Å². The van der Waals surface area contributed by atoms with E-state index >= 15 is 0 Å². The van der Waals surface area contributed by atoms with Crippen LogP contribution in [0.4, 0.5) is 11.4 Å². The van der Waals surface area contributed by atoms with Crippen molar-refractivity contribution in [2.45, 2.75) is 10.1 Å². The number of furan rings is 1. The summed E-state index contributed by atoms with van der Waals surface area (Å²) in [6, 6.07) is 12.3. The summed E-state index contributed by atoms with van der Waals surface area (Å²) in [4.78, 5) is 3.81. The van der Waals surface area contributed by atoms with E-state index in [4.69, 9.17) is 16.0 Å². The Balaban J connectivity index is 1.69. The van der Waals surface area contributed by atoms with E-state index in [-0.39, 0.29) is 26.5 Å². The van der Waals surface area contributed by atoms with Gasteiger partial charge in [0.15, 0.2) is 5.03 Å². The number of aromatic nitrogens is 2. The molecular formula is C18H15ClN4O5S2. The van der Waals surface area contributed by atoms with Crippen LogP contribution < -0.4 is 9.44 Å². The molecule has 156 valence electrons. The average Bonchev–Trinajstić information content (AvgIpc) is 3.30. The minimum atomic E-state index is -4.16. The predicted octanol–water partition coefficient (Wildman–Crippen LogP) is 3.42. The first-order valence-corrected chi connectivity index (χ1v) is 11.8. The third-order valence-corrected chi connectivity index (χ3v) is 6.80. The molecule has 0 aliphatic rings. The maximum absolute atomic E-state index is 12.8. The molecule has 0 saturated heterocycles. The summed E-state index contributed by atoms with van der Waals surface area (Å²) in [6.07, 6.45) is 2.65. The molecule has 2 N–H and O–H groups in total. The highest BCUT2D eigenvalue weighted by Gasteiger charge is 2.24. The van der Waals surface area contributed by atoms with E-state index in [0.29, 0.717) is 11.0 Å². The van der Waals surface area contributed by atoms with Crippen molar-refractivity contribution >= 4 is 54.0 Å². The summed E-state index contributed by atoms with van der Waals surface area (Å²) in [5, 5.41) is 0.284. The molecule has 2 aromatic carbocycles. The Labute approximate surface area is 177 Å². The summed E-state index contributed by atoms with van der Waals surface area (Å²) in [6.45, 7) is 0. The second kappa shape index (κ2) is 7.35. The lowest BCUT2D eigenvalue weighted by molar-refractivity contribution is 0.484. The van der Waals surface area contributed by atoms with Crippen LogP contribution in [0.15, 0.2) is 75.6 Å². The van der Waals surface area contributed by atoms with E-state index in [9.17, 15) is 16.8 Å². The lowest BCUT2D eigenvalue weighted by Gasteiger charge is -2.13. The molecule has 30 heavy (non-hydrogen) atoms. The van der Waals surface area contributed by atoms with Crippen molar-refractivity contribution in [1.29, 1.82) is 0 Å². The van der Waals surface area contributed by atoms with Gasteiger partial charge in [-0.25, -0.2) is 4.98 Å². The normalized spacial score (nSPS) is 12.2. The van der Waals surface area contributed by atoms with Crippen LogP contribution in [0.3, 0.4) is 0 Å². The highest BCUT2D eigenvalue weighted by atomic mass is 35.5. The zero-order valence-corrected chi connectivity index (χ0v) is 17.8. The Kier molecular flexibility index (Phi) is 4.96. The molecule has 9 nitrogen and oxygen atoms in total. The number of benzene rings is 2. The third-order valence-electron chi connectivity index (χ3n) is 4.09. The Bertz CT molecular complexity index is 1430. The molecule has 0 amide bonds. The highest BCUT2D eigenvalue weighted by molar-refractivity contribution is 7.93. The molecule has 0 spiro atoms. The van der Waals surface area contributed by atoms with Crippen molar-refractivity contribution in [3.63, 3.8) is 0 Å². The number of hydrogen-bond donors (Lipinski definition) is 2. The second-order valence-electron chi connectivity index (χ2n) is 6.38. The maximum Gasteiger partial charge on any atom is 0.295 e. The number of halogens is 1. The molecule has 4 aromatic rings. The van der Waals surface area contributed by atoms with Crippen LogP contribution in [0.2, 0.25) is 5.02 Å². The number of hydrogen-bond acceptors (Lipinski definition) is 6. The van der Waals surface area contributed by atoms with Gasteiger partial charge >= 0.3 is 0 Å². The van der Waals surface area contributed by atoms with Crippen LogP contribution in [0.5, 0.6) is 0 Å². The Hall–Kier alpha value is -3.02. The van der Waals surface area contributed by atoms with E-state index in [1.54, 1.807) is 31.3 Å². The summed E-state index contributed by atoms with van der Waals surface area (Å²) in [5.74, 6) is 0. The fourth-order valence-corrected chi connectivity index (χ4v) is 4.98. The zero-order chi connectivity index (χ0) is 21.5. The topological polar surface area (TPSA) is 123 Å². The first kappa shape index (κ1) is 20.3. The van der Waals surface area contributed by atoms with E-state index in [0.717, 1.165) is 0 Å². The van der Waals surface area contributed by atoms with Crippen molar-refractivity contribution in [3.05, 3.63) is 66.1 Å². The monoisotopic (exact) mass is 466 g/mol. The van der Waals surface area contributed by atoms with Crippen LogP contribution in [-0.4, -0.2) is 26.4 Å². The van der Waals surface area contributed by atoms with Crippen molar-refractivity contribution in [2.24, 2.45) is 7.05 Å². The highest BCUT2D eigenvalue weighted by Crippen LogP contribution is 2.31. The SMILES string of the molecule is Cn1cnc(S(=O)(=O)Nc2ccc(Cl)cc2NS(=O)(=O)c2cc3ccccc3o2)c1. The van der Waals surface area contributed by atoms with Gasteiger partial charge in [-0.2, -0.15) is 16.8 Å². The van der Waals surface area contributed by atoms with Gasteiger partial charge in [0.25, 0.3) is 20.0 Å². The largest absolute Gasteiger partial charge is 0.443 e.